The maximum absolute atomic E-state index is 13.8. The van der Waals surface area contributed by atoms with Gasteiger partial charge in [0.25, 0.3) is 0 Å². The van der Waals surface area contributed by atoms with Crippen molar-refractivity contribution in [1.82, 2.24) is 9.13 Å². The molecule has 5 aromatic rings. The zero-order chi connectivity index (χ0) is 26.0. The SMILES string of the molecule is Cn1c2ccc(C(F)=C(F)F)cc2c(=O)c2cc3c(cc21)c(=O)c1cc(C(F)=C(F)F)ccc1n3C. The Labute approximate surface area is 197 Å². The topological polar surface area (TPSA) is 44.0 Å². The van der Waals surface area contributed by atoms with Gasteiger partial charge >= 0.3 is 12.2 Å². The van der Waals surface area contributed by atoms with Crippen LogP contribution in [0.1, 0.15) is 11.1 Å². The Morgan fingerprint density at radius 1 is 0.528 bits per heavy atom. The Morgan fingerprint density at radius 3 is 1.19 bits per heavy atom. The summed E-state index contributed by atoms with van der Waals surface area (Å²) in [6.45, 7) is 0. The van der Waals surface area contributed by atoms with Crippen LogP contribution < -0.4 is 10.9 Å². The normalized spacial score (nSPS) is 11.6. The Morgan fingerprint density at radius 2 is 0.861 bits per heavy atom. The molecule has 0 aliphatic heterocycles. The molecule has 10 heteroatoms. The monoisotopic (exact) mass is 500 g/mol. The third-order valence-electron chi connectivity index (χ3n) is 6.37. The molecule has 0 N–H and O–H groups in total. The van der Waals surface area contributed by atoms with Crippen molar-refractivity contribution in [1.29, 1.82) is 0 Å². The number of halogens is 6. The van der Waals surface area contributed by atoms with Crippen molar-refractivity contribution in [2.75, 3.05) is 0 Å². The van der Waals surface area contributed by atoms with Gasteiger partial charge in [0.1, 0.15) is 0 Å². The minimum absolute atomic E-state index is 0.00388. The quantitative estimate of drug-likeness (QED) is 0.199. The second kappa shape index (κ2) is 8.11. The van der Waals surface area contributed by atoms with E-state index in [1.54, 1.807) is 23.2 Å². The number of aromatic nitrogens is 2. The molecule has 0 saturated carbocycles. The van der Waals surface area contributed by atoms with Crippen molar-refractivity contribution in [3.63, 3.8) is 0 Å². The molecular formula is C26H14F6N2O2. The van der Waals surface area contributed by atoms with Crippen molar-refractivity contribution in [3.05, 3.63) is 92.3 Å². The summed E-state index contributed by atoms with van der Waals surface area (Å²) >= 11 is 0. The fourth-order valence-electron chi connectivity index (χ4n) is 4.56. The second-order valence-electron chi connectivity index (χ2n) is 8.28. The summed E-state index contributed by atoms with van der Waals surface area (Å²) in [6.07, 6.45) is -5.01. The number of nitrogens with zero attached hydrogens (tertiary/aromatic N) is 2. The first-order valence-corrected chi connectivity index (χ1v) is 10.5. The van der Waals surface area contributed by atoms with E-state index in [1.165, 1.54) is 24.3 Å². The lowest BCUT2D eigenvalue weighted by molar-refractivity contribution is 0.410. The highest BCUT2D eigenvalue weighted by atomic mass is 19.3. The van der Waals surface area contributed by atoms with E-state index in [9.17, 15) is 35.9 Å². The molecule has 0 fully saturated rings. The van der Waals surface area contributed by atoms with E-state index in [0.29, 0.717) is 22.1 Å². The number of pyridine rings is 2. The number of rotatable bonds is 2. The summed E-state index contributed by atoms with van der Waals surface area (Å²) in [5.74, 6) is -3.46. The summed E-state index contributed by atoms with van der Waals surface area (Å²) in [6, 6.07) is 9.88. The maximum atomic E-state index is 13.8. The Hall–Kier alpha value is -4.34. The van der Waals surface area contributed by atoms with Crippen LogP contribution in [-0.2, 0) is 14.1 Å². The molecule has 0 aliphatic carbocycles. The largest absolute Gasteiger partial charge is 0.343 e. The molecule has 0 atom stereocenters. The van der Waals surface area contributed by atoms with Crippen LogP contribution in [0, 0.1) is 0 Å². The smallest absolute Gasteiger partial charge is 0.306 e. The van der Waals surface area contributed by atoms with Gasteiger partial charge in [-0.2, -0.15) is 17.6 Å². The Balaban J connectivity index is 1.91. The zero-order valence-corrected chi connectivity index (χ0v) is 18.6. The van der Waals surface area contributed by atoms with Gasteiger partial charge in [0.2, 0.25) is 0 Å². The van der Waals surface area contributed by atoms with Crippen molar-refractivity contribution in [2.45, 2.75) is 0 Å². The molecule has 0 saturated heterocycles. The standard InChI is InChI=1S/C26H14F6N2O2/c1-33-17-5-3-11(21(27)25(29)30)7-13(17)23(35)15-10-20-16(9-19(15)33)24(36)14-8-12(22(28)26(31)32)4-6-18(14)34(20)2/h3-10H,1-2H3. The molecule has 2 heterocycles. The maximum Gasteiger partial charge on any atom is 0.306 e. The fourth-order valence-corrected chi connectivity index (χ4v) is 4.56. The van der Waals surface area contributed by atoms with Crippen molar-refractivity contribution >= 4 is 55.3 Å². The van der Waals surface area contributed by atoms with Crippen molar-refractivity contribution in [3.8, 4) is 0 Å². The molecule has 4 nitrogen and oxygen atoms in total. The predicted molar refractivity (Wildman–Crippen MR) is 127 cm³/mol. The molecule has 0 aliphatic rings. The van der Waals surface area contributed by atoms with Crippen LogP contribution in [0.15, 0.2) is 70.3 Å². The molecule has 0 radical (unpaired) electrons. The van der Waals surface area contributed by atoms with Gasteiger partial charge in [0, 0.05) is 46.8 Å². The average Bonchev–Trinajstić information content (AvgIpc) is 2.87. The number of fused-ring (bicyclic) bond motifs is 4. The van der Waals surface area contributed by atoms with Gasteiger partial charge in [0.15, 0.2) is 22.5 Å². The molecule has 182 valence electrons. The molecule has 0 bridgehead atoms. The molecule has 0 spiro atoms. The summed E-state index contributed by atoms with van der Waals surface area (Å²) in [5, 5.41) is 0.312. The Bertz CT molecular complexity index is 1820. The van der Waals surface area contributed by atoms with Crippen molar-refractivity contribution in [2.24, 2.45) is 14.1 Å². The first-order valence-electron chi connectivity index (χ1n) is 10.5. The number of aryl methyl sites for hydroxylation is 2. The first kappa shape index (κ1) is 23.4. The third-order valence-corrected chi connectivity index (χ3v) is 6.37. The lowest BCUT2D eigenvalue weighted by Crippen LogP contribution is -2.13. The van der Waals surface area contributed by atoms with Gasteiger partial charge in [-0.1, -0.05) is 0 Å². The molecular weight excluding hydrogens is 486 g/mol. The number of hydrogen-bond acceptors (Lipinski definition) is 2. The first-order chi connectivity index (χ1) is 17.0. The van der Waals surface area contributed by atoms with E-state index < -0.39 is 45.8 Å². The highest BCUT2D eigenvalue weighted by molar-refractivity contribution is 6.04. The van der Waals surface area contributed by atoms with Crippen LogP contribution in [0.25, 0.3) is 55.3 Å². The van der Waals surface area contributed by atoms with Crippen LogP contribution in [0.5, 0.6) is 0 Å². The minimum Gasteiger partial charge on any atom is -0.343 e. The van der Waals surface area contributed by atoms with Crippen LogP contribution >= 0.6 is 0 Å². The summed E-state index contributed by atoms with van der Waals surface area (Å²) in [5.41, 5.74) is -0.714. The van der Waals surface area contributed by atoms with Crippen LogP contribution in [0.2, 0.25) is 0 Å². The van der Waals surface area contributed by atoms with E-state index in [2.05, 4.69) is 0 Å². The second-order valence-corrected chi connectivity index (χ2v) is 8.28. The van der Waals surface area contributed by atoms with E-state index in [1.807, 2.05) is 0 Å². The van der Waals surface area contributed by atoms with Crippen LogP contribution in [-0.4, -0.2) is 9.13 Å². The molecule has 0 unspecified atom stereocenters. The lowest BCUT2D eigenvalue weighted by Gasteiger charge is -2.15. The highest BCUT2D eigenvalue weighted by Crippen LogP contribution is 2.30. The highest BCUT2D eigenvalue weighted by Gasteiger charge is 2.18. The predicted octanol–water partition coefficient (Wildman–Crippen LogP) is 6.77. The summed E-state index contributed by atoms with van der Waals surface area (Å²) < 4.78 is 81.8. The lowest BCUT2D eigenvalue weighted by atomic mass is 10.0. The van der Waals surface area contributed by atoms with Gasteiger partial charge < -0.3 is 9.13 Å². The van der Waals surface area contributed by atoms with Gasteiger partial charge in [0.05, 0.1) is 22.1 Å². The fraction of sp³-hybridized carbons (Fsp3) is 0.0769. The van der Waals surface area contributed by atoms with E-state index in [0.717, 1.165) is 24.3 Å². The molecule has 2 aromatic heterocycles. The minimum atomic E-state index is -2.51. The Kier molecular flexibility index (Phi) is 5.27. The molecule has 3 aromatic carbocycles. The summed E-state index contributed by atoms with van der Waals surface area (Å²) in [7, 11) is 3.18. The van der Waals surface area contributed by atoms with Gasteiger partial charge in [-0.15, -0.1) is 0 Å². The number of hydrogen-bond donors (Lipinski definition) is 0. The van der Waals surface area contributed by atoms with Crippen molar-refractivity contribution < 1.29 is 26.3 Å². The molecule has 36 heavy (non-hydrogen) atoms. The molecule has 0 amide bonds. The van der Waals surface area contributed by atoms with Gasteiger partial charge in [-0.3, -0.25) is 9.59 Å². The van der Waals surface area contributed by atoms with E-state index in [4.69, 9.17) is 0 Å². The van der Waals surface area contributed by atoms with E-state index >= 15 is 0 Å². The van der Waals surface area contributed by atoms with E-state index in [-0.39, 0.29) is 21.5 Å². The van der Waals surface area contributed by atoms with Crippen LogP contribution in [0.4, 0.5) is 26.3 Å². The molecule has 5 rings (SSSR count). The van der Waals surface area contributed by atoms with Gasteiger partial charge in [-0.05, 0) is 48.5 Å². The zero-order valence-electron chi connectivity index (χ0n) is 18.6. The van der Waals surface area contributed by atoms with Gasteiger partial charge in [-0.25, -0.2) is 8.78 Å². The average molecular weight is 500 g/mol. The summed E-state index contributed by atoms with van der Waals surface area (Å²) in [4.78, 5) is 26.7. The van der Waals surface area contributed by atoms with Crippen LogP contribution in [0.3, 0.4) is 0 Å². The number of benzene rings is 3. The third kappa shape index (κ3) is 3.32.